The molecule has 0 saturated heterocycles. The predicted octanol–water partition coefficient (Wildman–Crippen LogP) is 2.57. The number of hydrogen-bond acceptors (Lipinski definition) is 4. The summed E-state index contributed by atoms with van der Waals surface area (Å²) < 4.78 is 5.64. The second kappa shape index (κ2) is 5.91. The molecule has 0 radical (unpaired) electrons. The largest absolute Gasteiger partial charge is 0.491 e. The molecule has 19 heavy (non-hydrogen) atoms. The Bertz CT molecular complexity index is 462. The van der Waals surface area contributed by atoms with Crippen LogP contribution in [0.2, 0.25) is 0 Å². The lowest BCUT2D eigenvalue weighted by atomic mass is 9.83. The van der Waals surface area contributed by atoms with Crippen LogP contribution in [-0.4, -0.2) is 22.7 Å². The Balaban J connectivity index is 2.01. The molecule has 5 nitrogen and oxygen atoms in total. The van der Waals surface area contributed by atoms with Gasteiger partial charge in [0, 0.05) is 0 Å². The molecule has 0 aliphatic heterocycles. The summed E-state index contributed by atoms with van der Waals surface area (Å²) in [5.41, 5.74) is 5.57. The Labute approximate surface area is 112 Å². The van der Waals surface area contributed by atoms with E-state index in [2.05, 4.69) is 11.9 Å². The molecule has 0 amide bonds. The van der Waals surface area contributed by atoms with Gasteiger partial charge in [0.1, 0.15) is 11.4 Å². The van der Waals surface area contributed by atoms with E-state index in [4.69, 9.17) is 15.6 Å². The highest BCUT2D eigenvalue weighted by Gasteiger charge is 2.20. The average molecular weight is 264 g/mol. The monoisotopic (exact) mass is 264 g/mol. The maximum absolute atomic E-state index is 11.1. The number of carboxylic acids is 1. The second-order valence-corrected chi connectivity index (χ2v) is 5.36. The Morgan fingerprint density at radius 1 is 1.58 bits per heavy atom. The first-order chi connectivity index (χ1) is 9.06. The van der Waals surface area contributed by atoms with Gasteiger partial charge in [-0.15, -0.1) is 0 Å². The summed E-state index contributed by atoms with van der Waals surface area (Å²) in [6, 6.07) is 1.33. The third kappa shape index (κ3) is 3.59. The van der Waals surface area contributed by atoms with E-state index in [1.54, 1.807) is 0 Å². The number of rotatable bonds is 4. The van der Waals surface area contributed by atoms with E-state index in [9.17, 15) is 4.79 Å². The first kappa shape index (κ1) is 13.6. The van der Waals surface area contributed by atoms with Crippen molar-refractivity contribution in [1.82, 2.24) is 4.98 Å². The van der Waals surface area contributed by atoms with Crippen LogP contribution in [-0.2, 0) is 0 Å². The number of nitrogens with zero attached hydrogens (tertiary/aromatic N) is 1. The van der Waals surface area contributed by atoms with Crippen LogP contribution in [0.15, 0.2) is 12.3 Å². The van der Waals surface area contributed by atoms with Crippen LogP contribution in [0, 0.1) is 11.8 Å². The summed E-state index contributed by atoms with van der Waals surface area (Å²) in [5, 5.41) is 9.11. The number of ether oxygens (including phenoxy) is 1. The molecule has 0 bridgehead atoms. The van der Waals surface area contributed by atoms with Crippen LogP contribution < -0.4 is 10.5 Å². The normalized spacial score (nSPS) is 23.0. The van der Waals surface area contributed by atoms with Crippen molar-refractivity contribution < 1.29 is 14.6 Å². The van der Waals surface area contributed by atoms with E-state index in [1.165, 1.54) is 25.1 Å². The number of anilines is 1. The zero-order chi connectivity index (χ0) is 13.8. The van der Waals surface area contributed by atoms with Gasteiger partial charge in [0.25, 0.3) is 0 Å². The van der Waals surface area contributed by atoms with Gasteiger partial charge in [-0.2, -0.15) is 0 Å². The number of aromatic nitrogens is 1. The first-order valence-electron chi connectivity index (χ1n) is 6.68. The van der Waals surface area contributed by atoms with Gasteiger partial charge < -0.3 is 15.6 Å². The molecular formula is C14H20N2O3. The van der Waals surface area contributed by atoms with Crippen LogP contribution in [0.4, 0.5) is 5.82 Å². The Hall–Kier alpha value is -1.78. The zero-order valence-corrected chi connectivity index (χ0v) is 11.1. The van der Waals surface area contributed by atoms with Crippen molar-refractivity contribution in [2.24, 2.45) is 11.8 Å². The minimum absolute atomic E-state index is 0.0800. The summed E-state index contributed by atoms with van der Waals surface area (Å²) >= 11 is 0. The summed E-state index contributed by atoms with van der Waals surface area (Å²) in [4.78, 5) is 15.0. The maximum atomic E-state index is 11.1. The average Bonchev–Trinajstić information content (AvgIpc) is 2.37. The van der Waals surface area contributed by atoms with Gasteiger partial charge in [0.15, 0.2) is 5.75 Å². The van der Waals surface area contributed by atoms with Gasteiger partial charge in [0.2, 0.25) is 0 Å². The summed E-state index contributed by atoms with van der Waals surface area (Å²) in [5.74, 6) is 0.686. The number of pyridine rings is 1. The van der Waals surface area contributed by atoms with E-state index < -0.39 is 5.97 Å². The van der Waals surface area contributed by atoms with Crippen LogP contribution in [0.5, 0.6) is 5.75 Å². The zero-order valence-electron chi connectivity index (χ0n) is 11.1. The summed E-state index contributed by atoms with van der Waals surface area (Å²) in [6.07, 6.45) is 6.19. The number of nitrogen functional groups attached to an aromatic ring is 1. The van der Waals surface area contributed by atoms with Crippen molar-refractivity contribution >= 4 is 11.8 Å². The van der Waals surface area contributed by atoms with Crippen molar-refractivity contribution in [2.45, 2.75) is 32.6 Å². The first-order valence-corrected chi connectivity index (χ1v) is 6.68. The number of hydrogen-bond donors (Lipinski definition) is 2. The van der Waals surface area contributed by atoms with Gasteiger partial charge in [-0.25, -0.2) is 9.78 Å². The lowest BCUT2D eigenvalue weighted by Crippen LogP contribution is -2.20. The van der Waals surface area contributed by atoms with Crippen molar-refractivity contribution in [3.05, 3.63) is 17.8 Å². The van der Waals surface area contributed by atoms with Gasteiger partial charge in [-0.05, 0) is 30.7 Å². The highest BCUT2D eigenvalue weighted by atomic mass is 16.5. The maximum Gasteiger partial charge on any atom is 0.339 e. The van der Waals surface area contributed by atoms with Gasteiger partial charge in [0.05, 0.1) is 12.8 Å². The van der Waals surface area contributed by atoms with E-state index >= 15 is 0 Å². The molecule has 1 fully saturated rings. The van der Waals surface area contributed by atoms with Gasteiger partial charge >= 0.3 is 5.97 Å². The lowest BCUT2D eigenvalue weighted by molar-refractivity contribution is 0.0690. The smallest absolute Gasteiger partial charge is 0.339 e. The number of aromatic carboxylic acids is 1. The molecule has 1 aromatic rings. The summed E-state index contributed by atoms with van der Waals surface area (Å²) in [6.45, 7) is 2.80. The highest BCUT2D eigenvalue weighted by Crippen LogP contribution is 2.29. The number of carboxylic acid groups (broad SMARTS) is 1. The van der Waals surface area contributed by atoms with E-state index in [0.717, 1.165) is 18.8 Å². The number of carbonyl (C=O) groups is 1. The van der Waals surface area contributed by atoms with E-state index in [-0.39, 0.29) is 11.4 Å². The fourth-order valence-corrected chi connectivity index (χ4v) is 2.66. The molecule has 5 heteroatoms. The van der Waals surface area contributed by atoms with E-state index in [1.807, 2.05) is 0 Å². The van der Waals surface area contributed by atoms with Gasteiger partial charge in [-0.1, -0.05) is 19.8 Å². The molecule has 1 aliphatic carbocycles. The molecule has 1 heterocycles. The van der Waals surface area contributed by atoms with Gasteiger partial charge in [-0.3, -0.25) is 0 Å². The fourth-order valence-electron chi connectivity index (χ4n) is 2.66. The standard InChI is InChI=1S/C14H20N2O3/c1-9-3-2-4-10(5-9)8-19-12-7-16-13(15)6-11(12)14(17)18/h6-7,9-10H,2-5,8H2,1H3,(H2,15,16)(H,17,18). The lowest BCUT2D eigenvalue weighted by Gasteiger charge is -2.26. The molecule has 3 N–H and O–H groups in total. The van der Waals surface area contributed by atoms with Crippen molar-refractivity contribution in [2.75, 3.05) is 12.3 Å². The van der Waals surface area contributed by atoms with E-state index in [0.29, 0.717) is 18.3 Å². The Morgan fingerprint density at radius 2 is 2.37 bits per heavy atom. The molecule has 1 aliphatic rings. The molecule has 1 saturated carbocycles. The molecule has 104 valence electrons. The molecule has 1 aromatic heterocycles. The van der Waals surface area contributed by atoms with Crippen LogP contribution >= 0.6 is 0 Å². The van der Waals surface area contributed by atoms with Crippen LogP contribution in [0.25, 0.3) is 0 Å². The van der Waals surface area contributed by atoms with Crippen LogP contribution in [0.3, 0.4) is 0 Å². The molecule has 2 atom stereocenters. The predicted molar refractivity (Wildman–Crippen MR) is 72.2 cm³/mol. The molecule has 0 aromatic carbocycles. The molecule has 2 rings (SSSR count). The third-order valence-corrected chi connectivity index (χ3v) is 3.64. The minimum Gasteiger partial charge on any atom is -0.491 e. The van der Waals surface area contributed by atoms with Crippen molar-refractivity contribution in [3.63, 3.8) is 0 Å². The number of nitrogens with two attached hydrogens (primary N) is 1. The van der Waals surface area contributed by atoms with Crippen molar-refractivity contribution in [1.29, 1.82) is 0 Å². The molecular weight excluding hydrogens is 244 g/mol. The Kier molecular flexibility index (Phi) is 4.24. The summed E-state index contributed by atoms with van der Waals surface area (Å²) in [7, 11) is 0. The fraction of sp³-hybridized carbons (Fsp3) is 0.571. The van der Waals surface area contributed by atoms with Crippen molar-refractivity contribution in [3.8, 4) is 5.75 Å². The SMILES string of the molecule is CC1CCCC(COc2cnc(N)cc2C(=O)O)C1. The van der Waals surface area contributed by atoms with Crippen LogP contribution in [0.1, 0.15) is 43.0 Å². The quantitative estimate of drug-likeness (QED) is 0.873. The molecule has 2 unspecified atom stereocenters. The highest BCUT2D eigenvalue weighted by molar-refractivity contribution is 5.91. The topological polar surface area (TPSA) is 85.4 Å². The Morgan fingerprint density at radius 3 is 3.05 bits per heavy atom. The molecule has 0 spiro atoms. The third-order valence-electron chi connectivity index (χ3n) is 3.64. The second-order valence-electron chi connectivity index (χ2n) is 5.36. The minimum atomic E-state index is -1.04.